The highest BCUT2D eigenvalue weighted by atomic mass is 35.5. The predicted octanol–water partition coefficient (Wildman–Crippen LogP) is 5.56. The lowest BCUT2D eigenvalue weighted by Crippen LogP contribution is -2.28. The summed E-state index contributed by atoms with van der Waals surface area (Å²) in [6.45, 7) is 4.17. The number of hydrogen-bond donors (Lipinski definition) is 1. The molecule has 0 fully saturated rings. The molecule has 4 nitrogen and oxygen atoms in total. The van der Waals surface area contributed by atoms with Crippen molar-refractivity contribution in [3.05, 3.63) is 70.6 Å². The van der Waals surface area contributed by atoms with E-state index in [2.05, 4.69) is 24.3 Å². The Hall–Kier alpha value is -2.66. The van der Waals surface area contributed by atoms with Crippen molar-refractivity contribution in [1.29, 1.82) is 0 Å². The van der Waals surface area contributed by atoms with Crippen LogP contribution in [0.2, 0.25) is 5.02 Å². The summed E-state index contributed by atoms with van der Waals surface area (Å²) in [4.78, 5) is 12.9. The highest BCUT2D eigenvalue weighted by molar-refractivity contribution is 6.30. The number of benzene rings is 2. The summed E-state index contributed by atoms with van der Waals surface area (Å²) in [5.41, 5.74) is 2.87. The van der Waals surface area contributed by atoms with Gasteiger partial charge in [-0.1, -0.05) is 25.4 Å². The molecule has 0 amide bonds. The van der Waals surface area contributed by atoms with E-state index in [1.807, 2.05) is 12.1 Å². The molecule has 0 bridgehead atoms. The van der Waals surface area contributed by atoms with Gasteiger partial charge in [0.15, 0.2) is 11.6 Å². The molecular weight excluding hydrogens is 365 g/mol. The van der Waals surface area contributed by atoms with Crippen molar-refractivity contribution in [3.63, 3.8) is 0 Å². The van der Waals surface area contributed by atoms with Crippen LogP contribution < -0.4 is 5.32 Å². The van der Waals surface area contributed by atoms with Gasteiger partial charge in [-0.05, 0) is 60.4 Å². The van der Waals surface area contributed by atoms with Crippen molar-refractivity contribution in [2.75, 3.05) is 5.32 Å². The average molecular weight is 384 g/mol. The van der Waals surface area contributed by atoms with Gasteiger partial charge in [0.05, 0.1) is 16.9 Å². The van der Waals surface area contributed by atoms with Crippen molar-refractivity contribution >= 4 is 28.9 Å². The zero-order chi connectivity index (χ0) is 19.2. The number of Topliss-reactive ketones (excluding diaryl/α,β-unsaturated/α-hetero) is 1. The van der Waals surface area contributed by atoms with E-state index in [1.165, 1.54) is 12.1 Å². The molecule has 0 saturated carbocycles. The van der Waals surface area contributed by atoms with Gasteiger partial charge in [0, 0.05) is 17.1 Å². The monoisotopic (exact) mass is 383 g/mol. The number of fused-ring (bicyclic) bond motifs is 1. The maximum Gasteiger partial charge on any atom is 0.169 e. The molecule has 3 aromatic rings. The molecule has 0 aliphatic heterocycles. The first-order valence-corrected chi connectivity index (χ1v) is 9.14. The SMILES string of the molecule is CC1(C)CC(=O)c2c(Nc3ccc(F)cc3)nn(-c3ccc(Cl)cc3)c2C1. The molecule has 0 spiro atoms. The van der Waals surface area contributed by atoms with E-state index < -0.39 is 0 Å². The van der Waals surface area contributed by atoms with E-state index in [9.17, 15) is 9.18 Å². The number of anilines is 2. The molecule has 1 N–H and O–H groups in total. The van der Waals surface area contributed by atoms with Gasteiger partial charge in [-0.25, -0.2) is 9.07 Å². The number of halogens is 2. The van der Waals surface area contributed by atoms with E-state index in [0.29, 0.717) is 28.5 Å². The first-order chi connectivity index (χ1) is 12.8. The van der Waals surface area contributed by atoms with E-state index in [4.69, 9.17) is 11.6 Å². The van der Waals surface area contributed by atoms with Crippen LogP contribution in [0.1, 0.15) is 36.3 Å². The number of aromatic nitrogens is 2. The quantitative estimate of drug-likeness (QED) is 0.643. The lowest BCUT2D eigenvalue weighted by atomic mass is 9.76. The molecule has 6 heteroatoms. The van der Waals surface area contributed by atoms with Crippen LogP contribution in [-0.4, -0.2) is 15.6 Å². The van der Waals surface area contributed by atoms with Crippen LogP contribution in [-0.2, 0) is 6.42 Å². The normalized spacial score (nSPS) is 15.5. The summed E-state index contributed by atoms with van der Waals surface area (Å²) in [6, 6.07) is 13.3. The topological polar surface area (TPSA) is 46.9 Å². The molecule has 0 radical (unpaired) electrons. The first kappa shape index (κ1) is 17.7. The van der Waals surface area contributed by atoms with E-state index >= 15 is 0 Å². The molecular formula is C21H19ClFN3O. The van der Waals surface area contributed by atoms with Gasteiger partial charge in [-0.2, -0.15) is 0 Å². The molecule has 0 unspecified atom stereocenters. The molecule has 1 aliphatic rings. The summed E-state index contributed by atoms with van der Waals surface area (Å²) in [5.74, 6) is 0.241. The zero-order valence-electron chi connectivity index (χ0n) is 15.1. The lowest BCUT2D eigenvalue weighted by molar-refractivity contribution is 0.0912. The molecule has 1 aliphatic carbocycles. The van der Waals surface area contributed by atoms with Crippen LogP contribution in [0.15, 0.2) is 48.5 Å². The van der Waals surface area contributed by atoms with Gasteiger partial charge in [-0.3, -0.25) is 4.79 Å². The Bertz CT molecular complexity index is 1010. The second-order valence-corrected chi connectivity index (χ2v) is 8.07. The Morgan fingerprint density at radius 2 is 1.74 bits per heavy atom. The van der Waals surface area contributed by atoms with Crippen molar-refractivity contribution in [2.24, 2.45) is 5.41 Å². The number of nitrogens with one attached hydrogen (secondary N) is 1. The summed E-state index contributed by atoms with van der Waals surface area (Å²) >= 11 is 6.01. The Labute approximate surface area is 162 Å². The van der Waals surface area contributed by atoms with Gasteiger partial charge in [0.2, 0.25) is 0 Å². The van der Waals surface area contributed by atoms with E-state index in [1.54, 1.807) is 28.9 Å². The molecule has 27 heavy (non-hydrogen) atoms. The Morgan fingerprint density at radius 3 is 2.41 bits per heavy atom. The van der Waals surface area contributed by atoms with E-state index in [-0.39, 0.29) is 17.0 Å². The second-order valence-electron chi connectivity index (χ2n) is 7.63. The van der Waals surface area contributed by atoms with Crippen molar-refractivity contribution in [1.82, 2.24) is 9.78 Å². The van der Waals surface area contributed by atoms with Crippen LogP contribution in [0.25, 0.3) is 5.69 Å². The third-order valence-corrected chi connectivity index (χ3v) is 4.98. The fourth-order valence-electron chi connectivity index (χ4n) is 3.50. The number of carbonyl (C=O) groups excluding carboxylic acids is 1. The van der Waals surface area contributed by atoms with Crippen molar-refractivity contribution in [2.45, 2.75) is 26.7 Å². The standard InChI is InChI=1S/C21H19ClFN3O/c1-21(2)11-17-19(18(27)12-21)20(24-15-7-5-14(23)6-8-15)25-26(17)16-9-3-13(22)4-10-16/h3-10H,11-12H2,1-2H3,(H,24,25). The summed E-state index contributed by atoms with van der Waals surface area (Å²) in [5, 5.41) is 8.49. The first-order valence-electron chi connectivity index (χ1n) is 8.76. The van der Waals surface area contributed by atoms with Crippen LogP contribution in [0.4, 0.5) is 15.9 Å². The Balaban J connectivity index is 1.83. The van der Waals surface area contributed by atoms with Crippen molar-refractivity contribution < 1.29 is 9.18 Å². The highest BCUT2D eigenvalue weighted by Gasteiger charge is 2.36. The second kappa shape index (κ2) is 6.50. The largest absolute Gasteiger partial charge is 0.338 e. The minimum absolute atomic E-state index is 0.0612. The van der Waals surface area contributed by atoms with E-state index in [0.717, 1.165) is 17.8 Å². The predicted molar refractivity (Wildman–Crippen MR) is 105 cm³/mol. The molecule has 1 heterocycles. The Kier molecular flexibility index (Phi) is 4.27. The van der Waals surface area contributed by atoms with Gasteiger partial charge in [0.1, 0.15) is 5.82 Å². The zero-order valence-corrected chi connectivity index (χ0v) is 15.8. The molecule has 138 valence electrons. The van der Waals surface area contributed by atoms with Crippen LogP contribution in [0.3, 0.4) is 0 Å². The fraction of sp³-hybridized carbons (Fsp3) is 0.238. The molecule has 0 atom stereocenters. The van der Waals surface area contributed by atoms with Crippen molar-refractivity contribution in [3.8, 4) is 5.69 Å². The number of ketones is 1. The lowest BCUT2D eigenvalue weighted by Gasteiger charge is -2.29. The number of carbonyl (C=O) groups is 1. The fourth-order valence-corrected chi connectivity index (χ4v) is 3.63. The summed E-state index contributed by atoms with van der Waals surface area (Å²) < 4.78 is 15.0. The van der Waals surface area contributed by atoms with Gasteiger partial charge in [-0.15, -0.1) is 5.10 Å². The average Bonchev–Trinajstić information content (AvgIpc) is 2.95. The third-order valence-electron chi connectivity index (χ3n) is 4.72. The summed E-state index contributed by atoms with van der Waals surface area (Å²) in [6.07, 6.45) is 1.19. The van der Waals surface area contributed by atoms with Gasteiger partial charge < -0.3 is 5.32 Å². The smallest absolute Gasteiger partial charge is 0.169 e. The molecule has 1 aromatic heterocycles. The van der Waals surface area contributed by atoms with Gasteiger partial charge in [0.25, 0.3) is 0 Å². The number of nitrogens with zero attached hydrogens (tertiary/aromatic N) is 2. The van der Waals surface area contributed by atoms with Gasteiger partial charge >= 0.3 is 0 Å². The van der Waals surface area contributed by atoms with Crippen LogP contribution in [0, 0.1) is 11.2 Å². The Morgan fingerprint density at radius 1 is 1.07 bits per heavy atom. The van der Waals surface area contributed by atoms with Crippen LogP contribution in [0.5, 0.6) is 0 Å². The molecule has 4 rings (SSSR count). The minimum atomic E-state index is -0.313. The van der Waals surface area contributed by atoms with Crippen LogP contribution >= 0.6 is 11.6 Å². The maximum atomic E-state index is 13.2. The minimum Gasteiger partial charge on any atom is -0.338 e. The third kappa shape index (κ3) is 3.47. The number of hydrogen-bond acceptors (Lipinski definition) is 3. The molecule has 2 aromatic carbocycles. The maximum absolute atomic E-state index is 13.2. The molecule has 0 saturated heterocycles. The summed E-state index contributed by atoms with van der Waals surface area (Å²) in [7, 11) is 0. The highest BCUT2D eigenvalue weighted by Crippen LogP contribution is 2.39. The number of rotatable bonds is 3.